The molecule has 1 heterocycles. The molecule has 1 aliphatic carbocycles. The molecule has 1 aromatic rings. The van der Waals surface area contributed by atoms with Gasteiger partial charge in [0.25, 0.3) is 0 Å². The summed E-state index contributed by atoms with van der Waals surface area (Å²) in [6, 6.07) is 0. The molecule has 0 amide bonds. The first-order valence-corrected chi connectivity index (χ1v) is 5.12. The summed E-state index contributed by atoms with van der Waals surface area (Å²) < 4.78 is 0. The van der Waals surface area contributed by atoms with Crippen molar-refractivity contribution in [3.05, 3.63) is 15.6 Å². The molecular weight excluding hydrogens is 170 g/mol. The highest BCUT2D eigenvalue weighted by Crippen LogP contribution is 2.42. The Balaban J connectivity index is 2.21. The monoisotopic (exact) mass is 183 g/mol. The number of hydrogen-bond acceptors (Lipinski definition) is 3. The van der Waals surface area contributed by atoms with E-state index in [1.807, 2.05) is 6.92 Å². The molecular formula is C9H13NOS. The Morgan fingerprint density at radius 3 is 2.58 bits per heavy atom. The van der Waals surface area contributed by atoms with Gasteiger partial charge in [0.1, 0.15) is 11.1 Å². The van der Waals surface area contributed by atoms with E-state index in [9.17, 15) is 5.11 Å². The fourth-order valence-electron chi connectivity index (χ4n) is 1.24. The Bertz CT molecular complexity index is 271. The van der Waals surface area contributed by atoms with Crippen molar-refractivity contribution >= 4 is 11.3 Å². The van der Waals surface area contributed by atoms with Gasteiger partial charge in [-0.2, -0.15) is 0 Å². The Morgan fingerprint density at radius 1 is 1.50 bits per heavy atom. The summed E-state index contributed by atoms with van der Waals surface area (Å²) in [5.41, 5.74) is 1.06. The maximum Gasteiger partial charge on any atom is 0.122 e. The van der Waals surface area contributed by atoms with Gasteiger partial charge < -0.3 is 5.11 Å². The van der Waals surface area contributed by atoms with Crippen LogP contribution in [0.4, 0.5) is 0 Å². The molecule has 0 aliphatic heterocycles. The molecule has 2 rings (SSSR count). The lowest BCUT2D eigenvalue weighted by Gasteiger charge is -2.02. The fourth-order valence-corrected chi connectivity index (χ4v) is 2.24. The molecule has 1 saturated carbocycles. The van der Waals surface area contributed by atoms with Gasteiger partial charge in [-0.25, -0.2) is 4.98 Å². The minimum atomic E-state index is -0.289. The normalized spacial score (nSPS) is 19.6. The highest BCUT2D eigenvalue weighted by Gasteiger charge is 2.32. The van der Waals surface area contributed by atoms with E-state index < -0.39 is 0 Å². The smallest absolute Gasteiger partial charge is 0.122 e. The van der Waals surface area contributed by atoms with Gasteiger partial charge in [-0.15, -0.1) is 11.3 Å². The van der Waals surface area contributed by atoms with E-state index in [-0.39, 0.29) is 6.10 Å². The van der Waals surface area contributed by atoms with Crippen molar-refractivity contribution in [1.82, 2.24) is 4.98 Å². The second-order valence-electron chi connectivity index (χ2n) is 3.48. The Kier molecular flexibility index (Phi) is 1.93. The van der Waals surface area contributed by atoms with Crippen LogP contribution in [-0.4, -0.2) is 10.1 Å². The summed E-state index contributed by atoms with van der Waals surface area (Å²) in [7, 11) is 0. The van der Waals surface area contributed by atoms with Crippen LogP contribution in [0.5, 0.6) is 0 Å². The molecule has 1 atom stereocenters. The SMILES string of the molecule is Cc1nc(C(O)C2CC2)sc1C. The van der Waals surface area contributed by atoms with Crippen molar-refractivity contribution in [2.75, 3.05) is 0 Å². The number of thiazole rings is 1. The number of aryl methyl sites for hydroxylation is 2. The zero-order valence-corrected chi connectivity index (χ0v) is 8.19. The summed E-state index contributed by atoms with van der Waals surface area (Å²) in [6.07, 6.45) is 2.04. The Hall–Kier alpha value is -0.410. The van der Waals surface area contributed by atoms with Crippen LogP contribution in [-0.2, 0) is 0 Å². The lowest BCUT2D eigenvalue weighted by Crippen LogP contribution is -1.98. The second kappa shape index (κ2) is 2.82. The summed E-state index contributed by atoms with van der Waals surface area (Å²) in [6.45, 7) is 4.05. The lowest BCUT2D eigenvalue weighted by molar-refractivity contribution is 0.153. The van der Waals surface area contributed by atoms with Crippen molar-refractivity contribution < 1.29 is 5.11 Å². The van der Waals surface area contributed by atoms with E-state index in [1.54, 1.807) is 11.3 Å². The van der Waals surface area contributed by atoms with Crippen LogP contribution in [0.15, 0.2) is 0 Å². The van der Waals surface area contributed by atoms with Gasteiger partial charge in [0.05, 0.1) is 5.69 Å². The third-order valence-electron chi connectivity index (χ3n) is 2.37. The van der Waals surface area contributed by atoms with E-state index >= 15 is 0 Å². The van der Waals surface area contributed by atoms with Crippen LogP contribution >= 0.6 is 11.3 Å². The topological polar surface area (TPSA) is 33.1 Å². The van der Waals surface area contributed by atoms with E-state index in [2.05, 4.69) is 11.9 Å². The van der Waals surface area contributed by atoms with Gasteiger partial charge >= 0.3 is 0 Å². The van der Waals surface area contributed by atoms with Gasteiger partial charge in [-0.05, 0) is 32.6 Å². The molecule has 1 unspecified atom stereocenters. The summed E-state index contributed by atoms with van der Waals surface area (Å²) in [5.74, 6) is 0.495. The number of aliphatic hydroxyl groups is 1. The van der Waals surface area contributed by atoms with Crippen molar-refractivity contribution in [1.29, 1.82) is 0 Å². The van der Waals surface area contributed by atoms with Crippen molar-refractivity contribution in [2.45, 2.75) is 32.8 Å². The standard InChI is InChI=1S/C9H13NOS/c1-5-6(2)12-9(10-5)8(11)7-3-4-7/h7-8,11H,3-4H2,1-2H3. The second-order valence-corrected chi connectivity index (χ2v) is 4.71. The predicted octanol–water partition coefficient (Wildman–Crippen LogP) is 2.20. The number of aromatic nitrogens is 1. The molecule has 0 spiro atoms. The minimum absolute atomic E-state index is 0.289. The first-order chi connectivity index (χ1) is 5.68. The summed E-state index contributed by atoms with van der Waals surface area (Å²) in [5, 5.41) is 10.7. The van der Waals surface area contributed by atoms with Crippen LogP contribution in [0.25, 0.3) is 0 Å². The van der Waals surface area contributed by atoms with Gasteiger partial charge in [0.2, 0.25) is 0 Å². The first-order valence-electron chi connectivity index (χ1n) is 4.30. The molecule has 0 bridgehead atoms. The third-order valence-corrected chi connectivity index (χ3v) is 3.51. The molecule has 0 radical (unpaired) electrons. The quantitative estimate of drug-likeness (QED) is 0.762. The summed E-state index contributed by atoms with van der Waals surface area (Å²) in [4.78, 5) is 5.57. The number of nitrogens with zero attached hydrogens (tertiary/aromatic N) is 1. The van der Waals surface area contributed by atoms with Crippen LogP contribution in [0, 0.1) is 19.8 Å². The largest absolute Gasteiger partial charge is 0.386 e. The van der Waals surface area contributed by atoms with Gasteiger partial charge in [0, 0.05) is 4.88 Å². The molecule has 1 aliphatic rings. The number of rotatable bonds is 2. The molecule has 12 heavy (non-hydrogen) atoms. The van der Waals surface area contributed by atoms with Gasteiger partial charge in [-0.1, -0.05) is 0 Å². The molecule has 66 valence electrons. The summed E-state index contributed by atoms with van der Waals surface area (Å²) >= 11 is 1.63. The van der Waals surface area contributed by atoms with Crippen molar-refractivity contribution in [2.24, 2.45) is 5.92 Å². The van der Waals surface area contributed by atoms with Crippen LogP contribution in [0.2, 0.25) is 0 Å². The van der Waals surface area contributed by atoms with E-state index in [0.29, 0.717) is 5.92 Å². The van der Waals surface area contributed by atoms with Crippen LogP contribution in [0.3, 0.4) is 0 Å². The average Bonchev–Trinajstić information content (AvgIpc) is 2.80. The fraction of sp³-hybridized carbons (Fsp3) is 0.667. The van der Waals surface area contributed by atoms with E-state index in [4.69, 9.17) is 0 Å². The number of hydrogen-bond donors (Lipinski definition) is 1. The third kappa shape index (κ3) is 1.39. The van der Waals surface area contributed by atoms with Crippen LogP contribution < -0.4 is 0 Å². The maximum absolute atomic E-state index is 9.75. The molecule has 1 N–H and O–H groups in total. The van der Waals surface area contributed by atoms with Crippen molar-refractivity contribution in [3.8, 4) is 0 Å². The average molecular weight is 183 g/mol. The number of aliphatic hydroxyl groups excluding tert-OH is 1. The zero-order chi connectivity index (χ0) is 8.72. The van der Waals surface area contributed by atoms with Crippen molar-refractivity contribution in [3.63, 3.8) is 0 Å². The highest BCUT2D eigenvalue weighted by molar-refractivity contribution is 7.11. The Labute approximate surface area is 76.3 Å². The molecule has 3 heteroatoms. The molecule has 1 fully saturated rings. The van der Waals surface area contributed by atoms with Gasteiger partial charge in [0.15, 0.2) is 0 Å². The molecule has 2 nitrogen and oxygen atoms in total. The van der Waals surface area contributed by atoms with E-state index in [1.165, 1.54) is 17.7 Å². The molecule has 0 saturated heterocycles. The molecule has 1 aromatic heterocycles. The predicted molar refractivity (Wildman–Crippen MR) is 49.3 cm³/mol. The zero-order valence-electron chi connectivity index (χ0n) is 7.37. The Morgan fingerprint density at radius 2 is 2.17 bits per heavy atom. The minimum Gasteiger partial charge on any atom is -0.386 e. The molecule has 0 aromatic carbocycles. The first kappa shape index (κ1) is 8.20. The lowest BCUT2D eigenvalue weighted by atomic mass is 10.2. The maximum atomic E-state index is 9.75. The van der Waals surface area contributed by atoms with Crippen LogP contribution in [0.1, 0.15) is 34.5 Å². The highest BCUT2D eigenvalue weighted by atomic mass is 32.1. The van der Waals surface area contributed by atoms with Gasteiger partial charge in [-0.3, -0.25) is 0 Å². The van der Waals surface area contributed by atoms with E-state index in [0.717, 1.165) is 10.7 Å².